The number of carbonyl (C=O) groups excluding carboxylic acids is 3. The van der Waals surface area contributed by atoms with Crippen molar-refractivity contribution in [2.75, 3.05) is 51.5 Å². The fraction of sp³-hybridized carbons (Fsp3) is 0.591. The largest absolute Gasteiger partial charge is 0.379 e. The molecule has 1 aromatic rings. The first-order valence-electron chi connectivity index (χ1n) is 11.1. The van der Waals surface area contributed by atoms with E-state index in [2.05, 4.69) is 10.6 Å². The molecule has 2 aliphatic heterocycles. The molecule has 5 N–H and O–H groups in total. The normalized spacial score (nSPS) is 20.0. The predicted octanol–water partition coefficient (Wildman–Crippen LogP) is -0.423. The molecule has 11 heteroatoms. The number of aliphatic hydroxyl groups is 1. The number of anilines is 1. The van der Waals surface area contributed by atoms with Crippen molar-refractivity contribution in [2.24, 2.45) is 5.73 Å². The van der Waals surface area contributed by atoms with Crippen LogP contribution >= 0.6 is 0 Å². The van der Waals surface area contributed by atoms with E-state index in [0.717, 1.165) is 0 Å². The third kappa shape index (κ3) is 6.95. The molecule has 2 aliphatic rings. The van der Waals surface area contributed by atoms with Crippen LogP contribution in [-0.4, -0.2) is 86.2 Å². The second-order valence-corrected chi connectivity index (χ2v) is 7.81. The summed E-state index contributed by atoms with van der Waals surface area (Å²) in [4.78, 5) is 38.3. The first-order chi connectivity index (χ1) is 16.0. The van der Waals surface area contributed by atoms with Crippen molar-refractivity contribution < 1.29 is 33.7 Å². The zero-order valence-corrected chi connectivity index (χ0v) is 18.6. The van der Waals surface area contributed by atoms with Crippen molar-refractivity contribution in [1.29, 1.82) is 0 Å². The van der Waals surface area contributed by atoms with Crippen LogP contribution in [0.3, 0.4) is 0 Å². The smallest absolute Gasteiger partial charge is 0.254 e. The number of hydrogen-bond donors (Lipinski definition) is 4. The van der Waals surface area contributed by atoms with E-state index in [9.17, 15) is 19.5 Å². The van der Waals surface area contributed by atoms with E-state index in [1.54, 1.807) is 23.1 Å². The molecular formula is C22H32N4O7. The van der Waals surface area contributed by atoms with Gasteiger partial charge in [-0.05, 0) is 18.6 Å². The molecule has 3 rings (SSSR count). The maximum Gasteiger partial charge on any atom is 0.254 e. The number of hydrogen-bond acceptors (Lipinski definition) is 8. The Morgan fingerprint density at radius 2 is 1.82 bits per heavy atom. The summed E-state index contributed by atoms with van der Waals surface area (Å²) in [5.41, 5.74) is 7.06. The van der Waals surface area contributed by atoms with Crippen molar-refractivity contribution >= 4 is 23.4 Å². The van der Waals surface area contributed by atoms with Crippen LogP contribution in [0.4, 0.5) is 5.69 Å². The number of aliphatic hydroxyl groups excluding tert-OH is 1. The molecule has 11 nitrogen and oxygen atoms in total. The molecule has 1 fully saturated rings. The quantitative estimate of drug-likeness (QED) is 0.287. The van der Waals surface area contributed by atoms with Gasteiger partial charge >= 0.3 is 0 Å². The molecule has 0 radical (unpaired) electrons. The topological polar surface area (TPSA) is 152 Å². The standard InChI is InChI=1S/C22H32N4O7/c23-7-9-32-11-13-33-12-10-31-8-6-20(28)24-17-3-1-2-15-16(17)14-26(22(15)30)18-4-5-19(27)25-21(18)29/h1-3,18,21,29H,4-14,23H2,(H,24,28)(H,25,27). The minimum Gasteiger partial charge on any atom is -0.379 e. The lowest BCUT2D eigenvalue weighted by Gasteiger charge is -2.35. The van der Waals surface area contributed by atoms with Crippen LogP contribution in [0, 0.1) is 0 Å². The van der Waals surface area contributed by atoms with Gasteiger partial charge < -0.3 is 40.6 Å². The minimum atomic E-state index is -1.11. The van der Waals surface area contributed by atoms with E-state index in [1.165, 1.54) is 0 Å². The number of ether oxygens (including phenoxy) is 3. The molecule has 0 bridgehead atoms. The van der Waals surface area contributed by atoms with Crippen molar-refractivity contribution in [3.05, 3.63) is 29.3 Å². The Kier molecular flexibility index (Phi) is 9.58. The zero-order chi connectivity index (χ0) is 23.6. The van der Waals surface area contributed by atoms with E-state index in [-0.39, 0.29) is 43.7 Å². The fourth-order valence-corrected chi connectivity index (χ4v) is 3.84. The van der Waals surface area contributed by atoms with Gasteiger partial charge in [-0.1, -0.05) is 6.07 Å². The summed E-state index contributed by atoms with van der Waals surface area (Å²) in [5, 5.41) is 15.5. The second-order valence-electron chi connectivity index (χ2n) is 7.81. The van der Waals surface area contributed by atoms with Crippen molar-refractivity contribution in [3.63, 3.8) is 0 Å². The van der Waals surface area contributed by atoms with Gasteiger partial charge in [0.05, 0.1) is 52.1 Å². The Labute approximate surface area is 192 Å². The fourth-order valence-electron chi connectivity index (χ4n) is 3.84. The van der Waals surface area contributed by atoms with Gasteiger partial charge in [-0.2, -0.15) is 0 Å². The van der Waals surface area contributed by atoms with Gasteiger partial charge in [0.2, 0.25) is 11.8 Å². The van der Waals surface area contributed by atoms with Crippen LogP contribution in [0.1, 0.15) is 35.2 Å². The highest BCUT2D eigenvalue weighted by molar-refractivity contribution is 6.02. The van der Waals surface area contributed by atoms with Gasteiger partial charge in [0.15, 0.2) is 0 Å². The number of benzene rings is 1. The third-order valence-electron chi connectivity index (χ3n) is 5.49. The Bertz CT molecular complexity index is 835. The lowest BCUT2D eigenvalue weighted by atomic mass is 10.0. The Hall–Kier alpha value is -2.57. The van der Waals surface area contributed by atoms with Gasteiger partial charge in [-0.3, -0.25) is 14.4 Å². The van der Waals surface area contributed by atoms with Gasteiger partial charge in [0.25, 0.3) is 5.91 Å². The number of nitrogens with zero attached hydrogens (tertiary/aromatic N) is 1. The Morgan fingerprint density at radius 3 is 2.52 bits per heavy atom. The number of fused-ring (bicyclic) bond motifs is 1. The SMILES string of the molecule is NCCOCCOCCOCCC(=O)Nc1cccc2c1CN(C1CCC(=O)NC1O)C2=O. The van der Waals surface area contributed by atoms with Crippen molar-refractivity contribution in [2.45, 2.75) is 38.1 Å². The molecule has 0 spiro atoms. The van der Waals surface area contributed by atoms with Crippen molar-refractivity contribution in [1.82, 2.24) is 10.2 Å². The van der Waals surface area contributed by atoms with Crippen LogP contribution in [0.15, 0.2) is 18.2 Å². The molecule has 2 atom stereocenters. The average molecular weight is 465 g/mol. The Balaban J connectivity index is 1.42. The van der Waals surface area contributed by atoms with Gasteiger partial charge in [-0.25, -0.2) is 0 Å². The van der Waals surface area contributed by atoms with Crippen molar-refractivity contribution in [3.8, 4) is 0 Å². The van der Waals surface area contributed by atoms with Gasteiger partial charge in [-0.15, -0.1) is 0 Å². The summed E-state index contributed by atoms with van der Waals surface area (Å²) in [6.07, 6.45) is -0.314. The lowest BCUT2D eigenvalue weighted by Crippen LogP contribution is -2.55. The summed E-state index contributed by atoms with van der Waals surface area (Å²) in [7, 11) is 0. The number of rotatable bonds is 13. The molecule has 1 saturated heterocycles. The first-order valence-corrected chi connectivity index (χ1v) is 11.1. The third-order valence-corrected chi connectivity index (χ3v) is 5.49. The number of piperidine rings is 1. The van der Waals surface area contributed by atoms with Gasteiger partial charge in [0.1, 0.15) is 6.23 Å². The molecule has 0 saturated carbocycles. The van der Waals surface area contributed by atoms with Crippen LogP contribution in [0.25, 0.3) is 0 Å². The average Bonchev–Trinajstić information content (AvgIpc) is 3.12. The monoisotopic (exact) mass is 464 g/mol. The highest BCUT2D eigenvalue weighted by Crippen LogP contribution is 2.32. The highest BCUT2D eigenvalue weighted by Gasteiger charge is 2.39. The molecule has 1 aromatic carbocycles. The molecule has 0 aromatic heterocycles. The lowest BCUT2D eigenvalue weighted by molar-refractivity contribution is -0.129. The summed E-state index contributed by atoms with van der Waals surface area (Å²) in [5.74, 6) is -0.686. The number of amides is 3. The van der Waals surface area contributed by atoms with Gasteiger partial charge in [0, 0.05) is 36.3 Å². The summed E-state index contributed by atoms with van der Waals surface area (Å²) >= 11 is 0. The minimum absolute atomic E-state index is 0.161. The van der Waals surface area contributed by atoms with E-state index < -0.39 is 12.3 Å². The first kappa shape index (κ1) is 25.1. The number of nitrogens with two attached hydrogens (primary N) is 1. The van der Waals surface area contributed by atoms with E-state index >= 15 is 0 Å². The number of carbonyl (C=O) groups is 3. The molecule has 182 valence electrons. The van der Waals surface area contributed by atoms with Crippen LogP contribution in [-0.2, 0) is 30.3 Å². The Morgan fingerprint density at radius 1 is 1.12 bits per heavy atom. The maximum absolute atomic E-state index is 12.9. The van der Waals surface area contributed by atoms with E-state index in [4.69, 9.17) is 19.9 Å². The van der Waals surface area contributed by atoms with Crippen LogP contribution in [0.5, 0.6) is 0 Å². The molecule has 0 aliphatic carbocycles. The summed E-state index contributed by atoms with van der Waals surface area (Å²) < 4.78 is 16.0. The second kappa shape index (κ2) is 12.6. The summed E-state index contributed by atoms with van der Waals surface area (Å²) in [6.45, 7) is 3.21. The molecular weight excluding hydrogens is 432 g/mol. The highest BCUT2D eigenvalue weighted by atomic mass is 16.5. The molecule has 3 amide bonds. The molecule has 2 heterocycles. The van der Waals surface area contributed by atoms with E-state index in [0.29, 0.717) is 62.8 Å². The van der Waals surface area contributed by atoms with Crippen LogP contribution < -0.4 is 16.4 Å². The maximum atomic E-state index is 12.9. The zero-order valence-electron chi connectivity index (χ0n) is 18.6. The summed E-state index contributed by atoms with van der Waals surface area (Å²) in [6, 6.07) is 4.65. The van der Waals surface area contributed by atoms with Crippen LogP contribution in [0.2, 0.25) is 0 Å². The number of nitrogens with one attached hydrogen (secondary N) is 2. The molecule has 2 unspecified atom stereocenters. The van der Waals surface area contributed by atoms with E-state index in [1.807, 2.05) is 0 Å². The predicted molar refractivity (Wildman–Crippen MR) is 118 cm³/mol. The molecule has 33 heavy (non-hydrogen) atoms.